The fraction of sp³-hybridized carbons (Fsp3) is 0.292. The molecule has 0 unspecified atom stereocenters. The van der Waals surface area contributed by atoms with E-state index in [1.165, 1.54) is 30.5 Å². The van der Waals surface area contributed by atoms with Gasteiger partial charge in [-0.3, -0.25) is 14.6 Å². The number of methoxy groups -OCH3 is 1. The van der Waals surface area contributed by atoms with Crippen molar-refractivity contribution in [2.75, 3.05) is 7.11 Å². The largest absolute Gasteiger partial charge is 0.502 e. The van der Waals surface area contributed by atoms with Crippen LogP contribution in [-0.4, -0.2) is 23.2 Å². The van der Waals surface area contributed by atoms with Crippen LogP contribution < -0.4 is 5.43 Å². The number of carbonyl (C=O) groups is 1. The van der Waals surface area contributed by atoms with Gasteiger partial charge in [0.2, 0.25) is 11.2 Å². The summed E-state index contributed by atoms with van der Waals surface area (Å²) in [6.07, 6.45) is 3.09. The SMILES string of the molecule is COC(=O)C[C@@H](c1cccnc1)c1oc(CSc2ccc(C(C)C)cc2)cc(=O)c1O. The number of benzene rings is 1. The van der Waals surface area contributed by atoms with Gasteiger partial charge in [-0.25, -0.2) is 0 Å². The first-order valence-corrected chi connectivity index (χ1v) is 10.9. The molecule has 1 atom stereocenters. The molecule has 7 heteroatoms. The lowest BCUT2D eigenvalue weighted by Gasteiger charge is -2.17. The topological polar surface area (TPSA) is 89.6 Å². The Kier molecular flexibility index (Phi) is 7.52. The van der Waals surface area contributed by atoms with Gasteiger partial charge in [0.1, 0.15) is 5.76 Å². The molecule has 0 aliphatic heterocycles. The van der Waals surface area contributed by atoms with Gasteiger partial charge in [0.15, 0.2) is 5.76 Å². The molecule has 1 N–H and O–H groups in total. The van der Waals surface area contributed by atoms with Gasteiger partial charge in [-0.05, 0) is 35.2 Å². The maximum absolute atomic E-state index is 12.4. The van der Waals surface area contributed by atoms with Crippen molar-refractivity contribution in [3.8, 4) is 5.75 Å². The Labute approximate surface area is 185 Å². The number of thioether (sulfide) groups is 1. The molecule has 0 bridgehead atoms. The monoisotopic (exact) mass is 439 g/mol. The molecule has 1 aromatic carbocycles. The van der Waals surface area contributed by atoms with Crippen molar-refractivity contribution in [3.63, 3.8) is 0 Å². The molecule has 31 heavy (non-hydrogen) atoms. The van der Waals surface area contributed by atoms with Crippen molar-refractivity contribution >= 4 is 17.7 Å². The van der Waals surface area contributed by atoms with Crippen LogP contribution in [0.4, 0.5) is 0 Å². The number of aromatic hydroxyl groups is 1. The van der Waals surface area contributed by atoms with Crippen LogP contribution in [0.2, 0.25) is 0 Å². The molecule has 2 heterocycles. The lowest BCUT2D eigenvalue weighted by Crippen LogP contribution is -2.14. The van der Waals surface area contributed by atoms with E-state index in [0.29, 0.717) is 23.0 Å². The molecule has 0 saturated carbocycles. The smallest absolute Gasteiger partial charge is 0.306 e. The van der Waals surface area contributed by atoms with E-state index < -0.39 is 23.1 Å². The minimum Gasteiger partial charge on any atom is -0.502 e. The van der Waals surface area contributed by atoms with Gasteiger partial charge in [-0.2, -0.15) is 0 Å². The molecule has 0 saturated heterocycles. The van der Waals surface area contributed by atoms with Gasteiger partial charge in [0, 0.05) is 23.4 Å². The number of ether oxygens (including phenoxy) is 1. The quantitative estimate of drug-likeness (QED) is 0.396. The third-order valence-corrected chi connectivity index (χ3v) is 5.96. The zero-order valence-corrected chi connectivity index (χ0v) is 18.5. The molecule has 3 aromatic rings. The predicted molar refractivity (Wildman–Crippen MR) is 119 cm³/mol. The molecule has 0 aliphatic carbocycles. The van der Waals surface area contributed by atoms with Crippen molar-refractivity contribution in [3.05, 3.63) is 87.7 Å². The summed E-state index contributed by atoms with van der Waals surface area (Å²) in [5.41, 5.74) is 1.34. The number of hydrogen-bond donors (Lipinski definition) is 1. The molecule has 0 aliphatic rings. The van der Waals surface area contributed by atoms with Crippen LogP contribution in [0.5, 0.6) is 5.75 Å². The van der Waals surface area contributed by atoms with E-state index in [4.69, 9.17) is 9.15 Å². The maximum Gasteiger partial charge on any atom is 0.306 e. The van der Waals surface area contributed by atoms with E-state index >= 15 is 0 Å². The summed E-state index contributed by atoms with van der Waals surface area (Å²) in [6, 6.07) is 13.0. The van der Waals surface area contributed by atoms with Gasteiger partial charge in [-0.15, -0.1) is 11.8 Å². The second-order valence-electron chi connectivity index (χ2n) is 7.42. The van der Waals surface area contributed by atoms with Gasteiger partial charge >= 0.3 is 5.97 Å². The summed E-state index contributed by atoms with van der Waals surface area (Å²) in [5, 5.41) is 10.4. The van der Waals surface area contributed by atoms with Crippen molar-refractivity contribution in [2.24, 2.45) is 0 Å². The number of pyridine rings is 1. The minimum absolute atomic E-state index is 0.0386. The number of rotatable bonds is 8. The third-order valence-electron chi connectivity index (χ3n) is 4.93. The molecule has 0 amide bonds. The van der Waals surface area contributed by atoms with Crippen molar-refractivity contribution < 1.29 is 19.1 Å². The molecule has 2 aromatic heterocycles. The summed E-state index contributed by atoms with van der Waals surface area (Å²) in [7, 11) is 1.29. The van der Waals surface area contributed by atoms with Gasteiger partial charge in [0.05, 0.1) is 25.2 Å². The highest BCUT2D eigenvalue weighted by atomic mass is 32.2. The number of hydrogen-bond acceptors (Lipinski definition) is 7. The second-order valence-corrected chi connectivity index (χ2v) is 8.47. The fourth-order valence-electron chi connectivity index (χ4n) is 3.16. The first-order valence-electron chi connectivity index (χ1n) is 9.94. The normalized spacial score (nSPS) is 12.0. The van der Waals surface area contributed by atoms with Crippen molar-refractivity contribution in [1.82, 2.24) is 4.98 Å². The molecule has 0 spiro atoms. The lowest BCUT2D eigenvalue weighted by atomic mass is 9.93. The third kappa shape index (κ3) is 5.76. The first kappa shape index (κ1) is 22.6. The zero-order chi connectivity index (χ0) is 22.4. The summed E-state index contributed by atoms with van der Waals surface area (Å²) in [5.74, 6) is -0.374. The average Bonchev–Trinajstić information content (AvgIpc) is 2.79. The second kappa shape index (κ2) is 10.3. The highest BCUT2D eigenvalue weighted by molar-refractivity contribution is 7.98. The summed E-state index contributed by atoms with van der Waals surface area (Å²) >= 11 is 1.52. The van der Waals surface area contributed by atoms with Crippen molar-refractivity contribution in [1.29, 1.82) is 0 Å². The number of aromatic nitrogens is 1. The predicted octanol–water partition coefficient (Wildman–Crippen LogP) is 4.85. The molecular formula is C24H25NO5S. The van der Waals surface area contributed by atoms with Crippen LogP contribution in [0.25, 0.3) is 0 Å². The standard InChI is InChI=1S/C24H25NO5S/c1-15(2)16-6-8-19(9-7-16)31-14-18-11-21(26)23(28)24(30-18)20(12-22(27)29-3)17-5-4-10-25-13-17/h4-11,13,15,20,28H,12,14H2,1-3H3/t20-/m0/s1. The van der Waals surface area contributed by atoms with E-state index in [9.17, 15) is 14.7 Å². The maximum atomic E-state index is 12.4. The first-order chi connectivity index (χ1) is 14.9. The van der Waals surface area contributed by atoms with E-state index in [1.807, 2.05) is 12.1 Å². The van der Waals surface area contributed by atoms with Crippen LogP contribution in [0.3, 0.4) is 0 Å². The van der Waals surface area contributed by atoms with Crippen LogP contribution in [-0.2, 0) is 15.3 Å². The fourth-order valence-corrected chi connectivity index (χ4v) is 3.94. The summed E-state index contributed by atoms with van der Waals surface area (Å²) in [4.78, 5) is 29.5. The van der Waals surface area contributed by atoms with Crippen LogP contribution in [0.1, 0.15) is 54.8 Å². The molecule has 6 nitrogen and oxygen atoms in total. The van der Waals surface area contributed by atoms with E-state index in [1.54, 1.807) is 24.5 Å². The molecule has 162 valence electrons. The van der Waals surface area contributed by atoms with Crippen LogP contribution >= 0.6 is 11.8 Å². The number of esters is 1. The number of nitrogens with zero attached hydrogens (tertiary/aromatic N) is 1. The average molecular weight is 440 g/mol. The molecule has 3 rings (SSSR count). The molecule has 0 radical (unpaired) electrons. The zero-order valence-electron chi connectivity index (χ0n) is 17.7. The summed E-state index contributed by atoms with van der Waals surface area (Å²) < 4.78 is 10.7. The summed E-state index contributed by atoms with van der Waals surface area (Å²) in [6.45, 7) is 4.28. The van der Waals surface area contributed by atoms with E-state index in [0.717, 1.165) is 4.90 Å². The Morgan fingerprint density at radius 2 is 1.94 bits per heavy atom. The molecular weight excluding hydrogens is 414 g/mol. The Balaban J connectivity index is 1.89. The van der Waals surface area contributed by atoms with Gasteiger partial charge in [0.25, 0.3) is 0 Å². The van der Waals surface area contributed by atoms with E-state index in [-0.39, 0.29) is 12.2 Å². The highest BCUT2D eigenvalue weighted by Crippen LogP contribution is 2.34. The van der Waals surface area contributed by atoms with E-state index in [2.05, 4.69) is 31.0 Å². The molecule has 0 fully saturated rings. The lowest BCUT2D eigenvalue weighted by molar-refractivity contribution is -0.140. The Morgan fingerprint density at radius 1 is 1.19 bits per heavy atom. The number of carbonyl (C=O) groups excluding carboxylic acids is 1. The van der Waals surface area contributed by atoms with Crippen LogP contribution in [0.15, 0.2) is 69.0 Å². The van der Waals surface area contributed by atoms with Gasteiger partial charge < -0.3 is 14.3 Å². The minimum atomic E-state index is -0.691. The van der Waals surface area contributed by atoms with Gasteiger partial charge in [-0.1, -0.05) is 32.0 Å². The Bertz CT molecular complexity index is 1080. The van der Waals surface area contributed by atoms with Crippen molar-refractivity contribution in [2.45, 2.75) is 42.8 Å². The Morgan fingerprint density at radius 3 is 2.55 bits per heavy atom. The Hall–Kier alpha value is -3.06. The van der Waals surface area contributed by atoms with Crippen LogP contribution in [0, 0.1) is 0 Å². The highest BCUT2D eigenvalue weighted by Gasteiger charge is 2.26.